The minimum Gasteiger partial charge on any atom is -0.466 e. The largest absolute Gasteiger partial charge is 0.466 e. The number of hydrogen-bond acceptors (Lipinski definition) is 7. The van der Waals surface area contributed by atoms with Gasteiger partial charge in [0.05, 0.1) is 25.9 Å². The standard InChI is InChI=1S/C15H23NO6/c1-4-20-12(17)7-9-15(11-16,14(19)22-6-3)10-8-13(18)21-5-2/h4-10H2,1-3H3. The second-order valence-corrected chi connectivity index (χ2v) is 4.52. The van der Waals surface area contributed by atoms with E-state index in [1.54, 1.807) is 20.8 Å². The van der Waals surface area contributed by atoms with Gasteiger partial charge in [-0.3, -0.25) is 14.4 Å². The van der Waals surface area contributed by atoms with E-state index in [0.717, 1.165) is 0 Å². The van der Waals surface area contributed by atoms with E-state index in [2.05, 4.69) is 0 Å². The molecule has 0 N–H and O–H groups in total. The first-order chi connectivity index (χ1) is 10.5. The van der Waals surface area contributed by atoms with Crippen LogP contribution in [0.3, 0.4) is 0 Å². The molecule has 0 aliphatic rings. The van der Waals surface area contributed by atoms with Crippen LogP contribution in [0.4, 0.5) is 0 Å². The lowest BCUT2D eigenvalue weighted by Crippen LogP contribution is -2.33. The van der Waals surface area contributed by atoms with Crippen molar-refractivity contribution in [1.29, 1.82) is 5.26 Å². The molecule has 0 aromatic rings. The minimum atomic E-state index is -1.55. The number of carbonyl (C=O) groups is 3. The van der Waals surface area contributed by atoms with E-state index < -0.39 is 23.3 Å². The average Bonchev–Trinajstić information content (AvgIpc) is 2.48. The van der Waals surface area contributed by atoms with E-state index in [0.29, 0.717) is 0 Å². The van der Waals surface area contributed by atoms with E-state index >= 15 is 0 Å². The first kappa shape index (κ1) is 19.9. The third kappa shape index (κ3) is 6.57. The van der Waals surface area contributed by atoms with Gasteiger partial charge in [-0.2, -0.15) is 5.26 Å². The Morgan fingerprint density at radius 2 is 1.27 bits per heavy atom. The number of hydrogen-bond donors (Lipinski definition) is 0. The lowest BCUT2D eigenvalue weighted by molar-refractivity contribution is -0.154. The maximum Gasteiger partial charge on any atom is 0.326 e. The second kappa shape index (κ2) is 10.6. The fraction of sp³-hybridized carbons (Fsp3) is 0.733. The average molecular weight is 313 g/mol. The molecule has 0 aliphatic heterocycles. The van der Waals surface area contributed by atoms with Gasteiger partial charge in [-0.15, -0.1) is 0 Å². The lowest BCUT2D eigenvalue weighted by Gasteiger charge is -2.23. The number of ether oxygens (including phenoxy) is 3. The molecule has 0 saturated heterocycles. The van der Waals surface area contributed by atoms with Crippen LogP contribution in [-0.2, 0) is 28.6 Å². The summed E-state index contributed by atoms with van der Waals surface area (Å²) in [5, 5.41) is 9.40. The zero-order chi connectivity index (χ0) is 17.0. The minimum absolute atomic E-state index is 0.0550. The first-order valence-corrected chi connectivity index (χ1v) is 7.35. The monoisotopic (exact) mass is 313 g/mol. The Morgan fingerprint density at radius 1 is 0.864 bits per heavy atom. The Kier molecular flexibility index (Phi) is 9.59. The Labute approximate surface area is 130 Å². The van der Waals surface area contributed by atoms with Crippen LogP contribution in [-0.4, -0.2) is 37.7 Å². The van der Waals surface area contributed by atoms with Crippen LogP contribution in [0.25, 0.3) is 0 Å². The summed E-state index contributed by atoms with van der Waals surface area (Å²) >= 11 is 0. The van der Waals surface area contributed by atoms with E-state index in [-0.39, 0.29) is 45.5 Å². The molecule has 0 heterocycles. The summed E-state index contributed by atoms with van der Waals surface area (Å²) < 4.78 is 14.5. The molecule has 0 atom stereocenters. The molecule has 0 radical (unpaired) electrons. The van der Waals surface area contributed by atoms with Crippen molar-refractivity contribution in [3.05, 3.63) is 0 Å². The van der Waals surface area contributed by atoms with Crippen LogP contribution in [0.2, 0.25) is 0 Å². The van der Waals surface area contributed by atoms with Crippen molar-refractivity contribution in [3.63, 3.8) is 0 Å². The molecule has 0 bridgehead atoms. The molecule has 124 valence electrons. The van der Waals surface area contributed by atoms with Crippen molar-refractivity contribution in [2.75, 3.05) is 19.8 Å². The molecule has 0 aromatic heterocycles. The zero-order valence-corrected chi connectivity index (χ0v) is 13.3. The highest BCUT2D eigenvalue weighted by Gasteiger charge is 2.41. The summed E-state index contributed by atoms with van der Waals surface area (Å²) in [6.07, 6.45) is -0.298. The molecule has 7 nitrogen and oxygen atoms in total. The van der Waals surface area contributed by atoms with Crippen molar-refractivity contribution in [2.24, 2.45) is 5.41 Å². The van der Waals surface area contributed by atoms with Crippen LogP contribution in [0.1, 0.15) is 46.5 Å². The summed E-state index contributed by atoms with van der Waals surface area (Å²) in [6, 6.07) is 1.91. The van der Waals surface area contributed by atoms with Gasteiger partial charge in [0.2, 0.25) is 0 Å². The normalized spacial score (nSPS) is 10.5. The number of nitriles is 1. The topological polar surface area (TPSA) is 103 Å². The Bertz CT molecular complexity index is 404. The Balaban J connectivity index is 4.94. The second-order valence-electron chi connectivity index (χ2n) is 4.52. The Morgan fingerprint density at radius 3 is 1.59 bits per heavy atom. The molecule has 22 heavy (non-hydrogen) atoms. The molecular weight excluding hydrogens is 290 g/mol. The highest BCUT2D eigenvalue weighted by Crippen LogP contribution is 2.31. The summed E-state index contributed by atoms with van der Waals surface area (Å²) in [4.78, 5) is 35.0. The van der Waals surface area contributed by atoms with Gasteiger partial charge in [0.15, 0.2) is 5.41 Å². The number of carbonyl (C=O) groups excluding carboxylic acids is 3. The van der Waals surface area contributed by atoms with E-state index in [4.69, 9.17) is 14.2 Å². The predicted octanol–water partition coefficient (Wildman–Crippen LogP) is 1.75. The molecular formula is C15H23NO6. The van der Waals surface area contributed by atoms with E-state index in [9.17, 15) is 19.6 Å². The third-order valence-electron chi connectivity index (χ3n) is 3.00. The summed E-state index contributed by atoms with van der Waals surface area (Å²) in [6.45, 7) is 5.52. The van der Waals surface area contributed by atoms with Gasteiger partial charge >= 0.3 is 17.9 Å². The zero-order valence-electron chi connectivity index (χ0n) is 13.3. The molecule has 7 heteroatoms. The maximum atomic E-state index is 12.1. The van der Waals surface area contributed by atoms with Crippen molar-refractivity contribution >= 4 is 17.9 Å². The van der Waals surface area contributed by atoms with Crippen LogP contribution in [0, 0.1) is 16.7 Å². The molecule has 0 amide bonds. The molecule has 0 unspecified atom stereocenters. The van der Waals surface area contributed by atoms with Crippen molar-refractivity contribution in [1.82, 2.24) is 0 Å². The van der Waals surface area contributed by atoms with Crippen molar-refractivity contribution < 1.29 is 28.6 Å². The lowest BCUT2D eigenvalue weighted by atomic mass is 9.80. The van der Waals surface area contributed by atoms with Gasteiger partial charge in [-0.25, -0.2) is 0 Å². The molecule has 0 saturated carbocycles. The molecule has 0 spiro atoms. The fourth-order valence-corrected chi connectivity index (χ4v) is 1.85. The first-order valence-electron chi connectivity index (χ1n) is 7.35. The molecule has 0 fully saturated rings. The molecule has 0 aromatic carbocycles. The van der Waals surface area contributed by atoms with Gasteiger partial charge in [-0.1, -0.05) is 0 Å². The van der Waals surface area contributed by atoms with E-state index in [1.807, 2.05) is 6.07 Å². The van der Waals surface area contributed by atoms with E-state index in [1.165, 1.54) is 0 Å². The maximum absolute atomic E-state index is 12.1. The quantitative estimate of drug-likeness (QED) is 0.447. The highest BCUT2D eigenvalue weighted by molar-refractivity contribution is 5.82. The van der Waals surface area contributed by atoms with Crippen LogP contribution in [0.15, 0.2) is 0 Å². The van der Waals surface area contributed by atoms with Crippen molar-refractivity contribution in [3.8, 4) is 6.07 Å². The summed E-state index contributed by atoms with van der Waals surface area (Å²) in [5.41, 5.74) is -1.55. The van der Waals surface area contributed by atoms with Gasteiger partial charge in [0, 0.05) is 12.8 Å². The van der Waals surface area contributed by atoms with Gasteiger partial charge in [0.1, 0.15) is 0 Å². The number of rotatable bonds is 10. The van der Waals surface area contributed by atoms with Crippen molar-refractivity contribution in [2.45, 2.75) is 46.5 Å². The predicted molar refractivity (Wildman–Crippen MR) is 76.4 cm³/mol. The smallest absolute Gasteiger partial charge is 0.326 e. The summed E-state index contributed by atoms with van der Waals surface area (Å²) in [5.74, 6) is -1.73. The fourth-order valence-electron chi connectivity index (χ4n) is 1.85. The SMILES string of the molecule is CCOC(=O)CCC(C#N)(CCC(=O)OCC)C(=O)OCC. The third-order valence-corrected chi connectivity index (χ3v) is 3.00. The van der Waals surface area contributed by atoms with Crippen LogP contribution in [0.5, 0.6) is 0 Å². The molecule has 0 aliphatic carbocycles. The van der Waals surface area contributed by atoms with Gasteiger partial charge in [0.25, 0.3) is 0 Å². The van der Waals surface area contributed by atoms with Gasteiger partial charge in [-0.05, 0) is 33.6 Å². The number of nitrogens with zero attached hydrogens (tertiary/aromatic N) is 1. The van der Waals surface area contributed by atoms with Crippen LogP contribution < -0.4 is 0 Å². The highest BCUT2D eigenvalue weighted by atomic mass is 16.5. The van der Waals surface area contributed by atoms with Gasteiger partial charge < -0.3 is 14.2 Å². The molecule has 0 rings (SSSR count). The number of esters is 3. The van der Waals surface area contributed by atoms with Crippen LogP contribution >= 0.6 is 0 Å². The summed E-state index contributed by atoms with van der Waals surface area (Å²) in [7, 11) is 0. The Hall–Kier alpha value is -2.10.